The quantitative estimate of drug-likeness (QED) is 0.425. The Morgan fingerprint density at radius 3 is 2.38 bits per heavy atom. The van der Waals surface area contributed by atoms with Crippen molar-refractivity contribution in [2.75, 3.05) is 6.61 Å². The van der Waals surface area contributed by atoms with E-state index in [9.17, 15) is 24.9 Å². The van der Waals surface area contributed by atoms with Crippen LogP contribution in [-0.2, 0) is 23.8 Å². The van der Waals surface area contributed by atoms with E-state index in [1.165, 1.54) is 13.8 Å². The van der Waals surface area contributed by atoms with Crippen LogP contribution in [-0.4, -0.2) is 64.1 Å². The first-order valence-corrected chi connectivity index (χ1v) is 11.6. The molecule has 6 aliphatic rings. The van der Waals surface area contributed by atoms with Gasteiger partial charge in [0.05, 0.1) is 24.2 Å². The van der Waals surface area contributed by atoms with Crippen LogP contribution in [0.3, 0.4) is 0 Å². The van der Waals surface area contributed by atoms with Crippen LogP contribution in [0.25, 0.3) is 0 Å². The Kier molecular flexibility index (Phi) is 4.57. The number of rotatable bonds is 2. The number of carbonyl (C=O) groups excluding carboxylic acids is 2. The number of carbonyl (C=O) groups is 2. The zero-order valence-corrected chi connectivity index (χ0v) is 19.2. The third-order valence-corrected chi connectivity index (χ3v) is 9.77. The van der Waals surface area contributed by atoms with Crippen molar-refractivity contribution < 1.29 is 39.1 Å². The van der Waals surface area contributed by atoms with Gasteiger partial charge in [-0.15, -0.1) is 0 Å². The summed E-state index contributed by atoms with van der Waals surface area (Å²) in [5.41, 5.74) is -1.98. The summed E-state index contributed by atoms with van der Waals surface area (Å²) in [6, 6.07) is 0. The molecular formula is C24H34O8. The number of fused-ring (bicyclic) bond motifs is 2. The fraction of sp³-hybridized carbons (Fsp3) is 0.833. The summed E-state index contributed by atoms with van der Waals surface area (Å²) in [6.07, 6.45) is -1.57. The van der Waals surface area contributed by atoms with Crippen LogP contribution in [0, 0.1) is 34.0 Å². The predicted molar refractivity (Wildman–Crippen MR) is 111 cm³/mol. The summed E-state index contributed by atoms with van der Waals surface area (Å²) in [4.78, 5) is 24.4. The molecule has 0 aromatic heterocycles. The van der Waals surface area contributed by atoms with Crippen molar-refractivity contribution >= 4 is 11.9 Å². The lowest BCUT2D eigenvalue weighted by Crippen LogP contribution is -2.85. The van der Waals surface area contributed by atoms with E-state index in [1.807, 2.05) is 13.8 Å². The van der Waals surface area contributed by atoms with Gasteiger partial charge in [0.25, 0.3) is 0 Å². The Labute approximate surface area is 187 Å². The minimum absolute atomic E-state index is 0.0368. The second-order valence-corrected chi connectivity index (χ2v) is 11.3. The smallest absolute Gasteiger partial charge is 0.303 e. The largest absolute Gasteiger partial charge is 0.457 e. The Balaban J connectivity index is 1.78. The highest BCUT2D eigenvalue weighted by molar-refractivity contribution is 5.67. The Hall–Kier alpha value is -1.48. The Morgan fingerprint density at radius 2 is 1.75 bits per heavy atom. The van der Waals surface area contributed by atoms with Gasteiger partial charge < -0.3 is 29.5 Å². The molecule has 6 rings (SSSR count). The van der Waals surface area contributed by atoms with Gasteiger partial charge in [0.15, 0.2) is 6.10 Å². The molecule has 0 amide bonds. The maximum absolute atomic E-state index is 12.3. The van der Waals surface area contributed by atoms with E-state index >= 15 is 0 Å². The summed E-state index contributed by atoms with van der Waals surface area (Å²) >= 11 is 0. The van der Waals surface area contributed by atoms with Gasteiger partial charge in [-0.3, -0.25) is 9.59 Å². The summed E-state index contributed by atoms with van der Waals surface area (Å²) < 4.78 is 17.8. The molecule has 2 heterocycles. The van der Waals surface area contributed by atoms with Crippen molar-refractivity contribution in [1.29, 1.82) is 0 Å². The maximum Gasteiger partial charge on any atom is 0.303 e. The predicted octanol–water partition coefficient (Wildman–Crippen LogP) is 1.31. The van der Waals surface area contributed by atoms with Gasteiger partial charge >= 0.3 is 11.9 Å². The van der Waals surface area contributed by atoms with Gasteiger partial charge in [0.2, 0.25) is 5.79 Å². The number of hydrogen-bond donors (Lipinski definition) is 3. The third-order valence-electron chi connectivity index (χ3n) is 9.77. The number of aliphatic hydroxyl groups excluding tert-OH is 2. The van der Waals surface area contributed by atoms with Crippen molar-refractivity contribution in [3.05, 3.63) is 12.2 Å². The molecule has 4 saturated carbocycles. The zero-order chi connectivity index (χ0) is 23.4. The van der Waals surface area contributed by atoms with E-state index in [1.54, 1.807) is 0 Å². The van der Waals surface area contributed by atoms with Crippen LogP contribution in [0.4, 0.5) is 0 Å². The molecule has 2 aliphatic heterocycles. The monoisotopic (exact) mass is 450 g/mol. The fourth-order valence-electron chi connectivity index (χ4n) is 8.63. The van der Waals surface area contributed by atoms with E-state index in [-0.39, 0.29) is 24.9 Å². The maximum atomic E-state index is 12.3. The van der Waals surface area contributed by atoms with Crippen molar-refractivity contribution in [1.82, 2.24) is 0 Å². The minimum Gasteiger partial charge on any atom is -0.457 e. The molecule has 32 heavy (non-hydrogen) atoms. The summed E-state index contributed by atoms with van der Waals surface area (Å²) in [5, 5.41) is 34.8. The average Bonchev–Trinajstić information content (AvgIpc) is 2.89. The summed E-state index contributed by atoms with van der Waals surface area (Å²) in [6.45, 7) is 10.7. The lowest BCUT2D eigenvalue weighted by Gasteiger charge is -2.75. The van der Waals surface area contributed by atoms with Crippen LogP contribution in [0.15, 0.2) is 12.2 Å². The average molecular weight is 451 g/mol. The summed E-state index contributed by atoms with van der Waals surface area (Å²) in [5.74, 6) is -3.78. The molecule has 0 aromatic rings. The van der Waals surface area contributed by atoms with E-state index in [4.69, 9.17) is 14.2 Å². The minimum atomic E-state index is -1.94. The molecule has 0 aromatic carbocycles. The van der Waals surface area contributed by atoms with Gasteiger partial charge in [-0.25, -0.2) is 0 Å². The second kappa shape index (κ2) is 6.56. The summed E-state index contributed by atoms with van der Waals surface area (Å²) in [7, 11) is 0. The van der Waals surface area contributed by atoms with Crippen LogP contribution in [0.2, 0.25) is 0 Å². The molecule has 2 saturated heterocycles. The molecule has 4 aliphatic carbocycles. The van der Waals surface area contributed by atoms with Gasteiger partial charge in [0, 0.05) is 31.6 Å². The molecule has 3 N–H and O–H groups in total. The zero-order valence-electron chi connectivity index (χ0n) is 19.2. The third kappa shape index (κ3) is 2.32. The second-order valence-electron chi connectivity index (χ2n) is 11.3. The topological polar surface area (TPSA) is 123 Å². The molecule has 0 unspecified atom stereocenters. The Bertz CT molecular complexity index is 883. The number of ether oxygens (including phenoxy) is 3. The SMILES string of the molecule is C=C1[C@@H]2CC[C@H]3[C@@]45CO[C@](O)([C@@H](OC(C)=O)[C@@H]4C(C)(C)[C@@H](O)C[C@H]5O)[C@]3(C2)[C@@H]1OC(C)=O. The molecule has 6 fully saturated rings. The van der Waals surface area contributed by atoms with Gasteiger partial charge in [-0.2, -0.15) is 0 Å². The van der Waals surface area contributed by atoms with Crippen LogP contribution in [0.5, 0.6) is 0 Å². The number of aliphatic hydroxyl groups is 3. The number of esters is 2. The van der Waals surface area contributed by atoms with Crippen molar-refractivity contribution in [2.24, 2.45) is 34.0 Å². The van der Waals surface area contributed by atoms with Gasteiger partial charge in [0.1, 0.15) is 6.10 Å². The molecule has 2 spiro atoms. The van der Waals surface area contributed by atoms with Crippen molar-refractivity contribution in [3.63, 3.8) is 0 Å². The fourth-order valence-corrected chi connectivity index (χ4v) is 8.63. The van der Waals surface area contributed by atoms with E-state index in [0.717, 1.165) is 12.0 Å². The highest BCUT2D eigenvalue weighted by atomic mass is 16.7. The van der Waals surface area contributed by atoms with E-state index < -0.39 is 64.3 Å². The van der Waals surface area contributed by atoms with E-state index in [0.29, 0.717) is 12.8 Å². The van der Waals surface area contributed by atoms with Crippen LogP contribution in [0.1, 0.15) is 53.4 Å². The van der Waals surface area contributed by atoms with Crippen molar-refractivity contribution in [3.8, 4) is 0 Å². The lowest BCUT2D eigenvalue weighted by atomic mass is 9.35. The van der Waals surface area contributed by atoms with Crippen LogP contribution >= 0.6 is 0 Å². The van der Waals surface area contributed by atoms with Crippen molar-refractivity contribution in [2.45, 2.75) is 83.6 Å². The molecule has 178 valence electrons. The Morgan fingerprint density at radius 1 is 1.09 bits per heavy atom. The first kappa shape index (κ1) is 22.3. The highest BCUT2D eigenvalue weighted by Crippen LogP contribution is 2.78. The standard InChI is InChI=1S/C24H34O8/c1-11-14-6-7-15-22-10-30-24(29,23(15,9-14)19(11)31-12(2)25)20(32-13(3)26)18(22)21(4,5)16(27)8-17(22)28/h14-20,27-29H,1,6-10H2,2-5H3/t14-,15+,16+,17-,18-,19-,20+,22-,23+,24-/m1/s1. The first-order valence-electron chi connectivity index (χ1n) is 11.6. The number of hydrogen-bond acceptors (Lipinski definition) is 8. The molecule has 10 atom stereocenters. The lowest BCUT2D eigenvalue weighted by molar-refractivity contribution is -0.469. The molecule has 4 bridgehead atoms. The first-order chi connectivity index (χ1) is 14.8. The normalized spacial score (nSPS) is 52.7. The highest BCUT2D eigenvalue weighted by Gasteiger charge is 2.86. The van der Waals surface area contributed by atoms with Gasteiger partial charge in [-0.05, 0) is 42.1 Å². The molecule has 8 nitrogen and oxygen atoms in total. The molecule has 0 radical (unpaired) electrons. The molecular weight excluding hydrogens is 416 g/mol. The molecule has 8 heteroatoms. The van der Waals surface area contributed by atoms with E-state index in [2.05, 4.69) is 6.58 Å². The van der Waals surface area contributed by atoms with Gasteiger partial charge in [-0.1, -0.05) is 20.4 Å². The van der Waals surface area contributed by atoms with Crippen LogP contribution < -0.4 is 0 Å².